The second-order valence-electron chi connectivity index (χ2n) is 6.33. The molecule has 2 amide bonds. The van der Waals surface area contributed by atoms with Crippen LogP contribution in [0.3, 0.4) is 0 Å². The van der Waals surface area contributed by atoms with Gasteiger partial charge in [-0.2, -0.15) is 13.2 Å². The molecule has 158 valence electrons. The number of carbonyl (C=O) groups is 3. The van der Waals surface area contributed by atoms with Crippen LogP contribution in [0.25, 0.3) is 11.8 Å². The molecule has 0 bridgehead atoms. The van der Waals surface area contributed by atoms with E-state index in [9.17, 15) is 27.6 Å². The molecule has 0 unspecified atom stereocenters. The first-order valence-corrected chi connectivity index (χ1v) is 9.73. The van der Waals surface area contributed by atoms with Gasteiger partial charge in [-0.15, -0.1) is 0 Å². The SMILES string of the molecule is CCOC(=O)[C@@H](C)N1C(=O)S/C(=C\c2cccn2-c2cccc(C(F)(F)F)c2)C1=O. The minimum Gasteiger partial charge on any atom is -0.464 e. The van der Waals surface area contributed by atoms with Crippen molar-refractivity contribution in [3.63, 3.8) is 0 Å². The lowest BCUT2D eigenvalue weighted by atomic mass is 10.2. The predicted molar refractivity (Wildman–Crippen MR) is 105 cm³/mol. The molecular weight excluding hydrogens is 421 g/mol. The maximum Gasteiger partial charge on any atom is 0.416 e. The van der Waals surface area contributed by atoms with Crippen molar-refractivity contribution in [2.45, 2.75) is 26.1 Å². The van der Waals surface area contributed by atoms with Crippen molar-refractivity contribution in [2.24, 2.45) is 0 Å². The Bertz CT molecular complexity index is 1030. The third-order valence-corrected chi connectivity index (χ3v) is 5.23. The van der Waals surface area contributed by atoms with Crippen molar-refractivity contribution >= 4 is 35.0 Å². The van der Waals surface area contributed by atoms with Gasteiger partial charge in [0.15, 0.2) is 0 Å². The van der Waals surface area contributed by atoms with Crippen LogP contribution in [0, 0.1) is 0 Å². The van der Waals surface area contributed by atoms with Gasteiger partial charge in [0.2, 0.25) is 0 Å². The van der Waals surface area contributed by atoms with Crippen LogP contribution in [-0.2, 0) is 20.5 Å². The average molecular weight is 438 g/mol. The highest BCUT2D eigenvalue weighted by Crippen LogP contribution is 2.35. The summed E-state index contributed by atoms with van der Waals surface area (Å²) in [4.78, 5) is 37.7. The molecular formula is C20H17F3N2O4S. The highest BCUT2D eigenvalue weighted by atomic mass is 32.2. The Kier molecular flexibility index (Phi) is 6.06. The van der Waals surface area contributed by atoms with E-state index in [-0.39, 0.29) is 17.2 Å². The van der Waals surface area contributed by atoms with Gasteiger partial charge in [0.1, 0.15) is 6.04 Å². The summed E-state index contributed by atoms with van der Waals surface area (Å²) in [6.07, 6.45) is -1.54. The first-order chi connectivity index (χ1) is 14.1. The summed E-state index contributed by atoms with van der Waals surface area (Å²) in [5.74, 6) is -1.37. The number of nitrogens with zero attached hydrogens (tertiary/aromatic N) is 2. The van der Waals surface area contributed by atoms with Crippen LogP contribution in [0.5, 0.6) is 0 Å². The summed E-state index contributed by atoms with van der Waals surface area (Å²) in [6, 6.07) is 6.87. The first kappa shape index (κ1) is 21.7. The second-order valence-corrected chi connectivity index (χ2v) is 7.32. The lowest BCUT2D eigenvalue weighted by molar-refractivity contribution is -0.150. The van der Waals surface area contributed by atoms with Crippen molar-refractivity contribution < 1.29 is 32.3 Å². The van der Waals surface area contributed by atoms with Gasteiger partial charge in [0.05, 0.1) is 17.1 Å². The number of thioether (sulfide) groups is 1. The standard InChI is InChI=1S/C20H17F3N2O4S/c1-3-29-18(27)12(2)25-17(26)16(30-19(25)28)11-15-8-5-9-24(15)14-7-4-6-13(10-14)20(21,22)23/h4-12H,3H2,1-2H3/b16-11-/t12-/m1/s1. The fraction of sp³-hybridized carbons (Fsp3) is 0.250. The van der Waals surface area contributed by atoms with E-state index < -0.39 is 34.9 Å². The molecule has 2 heterocycles. The quantitative estimate of drug-likeness (QED) is 0.509. The summed E-state index contributed by atoms with van der Waals surface area (Å²) in [6.45, 7) is 3.11. The van der Waals surface area contributed by atoms with E-state index in [1.165, 1.54) is 29.7 Å². The minimum atomic E-state index is -4.49. The molecule has 1 aromatic heterocycles. The minimum absolute atomic E-state index is 0.0584. The zero-order valence-electron chi connectivity index (χ0n) is 16.0. The molecule has 0 saturated carbocycles. The number of hydrogen-bond acceptors (Lipinski definition) is 5. The highest BCUT2D eigenvalue weighted by molar-refractivity contribution is 8.18. The Balaban J connectivity index is 1.91. The molecule has 1 atom stereocenters. The normalized spacial score (nSPS) is 17.0. The van der Waals surface area contributed by atoms with Gasteiger partial charge in [0, 0.05) is 17.6 Å². The fourth-order valence-corrected chi connectivity index (χ4v) is 3.79. The number of imide groups is 1. The number of hydrogen-bond donors (Lipinski definition) is 0. The molecule has 0 radical (unpaired) electrons. The maximum atomic E-state index is 13.0. The van der Waals surface area contributed by atoms with E-state index in [0.717, 1.165) is 17.0 Å². The Morgan fingerprint density at radius 1 is 1.23 bits per heavy atom. The average Bonchev–Trinajstić information content (AvgIpc) is 3.25. The highest BCUT2D eigenvalue weighted by Gasteiger charge is 2.41. The van der Waals surface area contributed by atoms with Crippen molar-refractivity contribution in [1.29, 1.82) is 0 Å². The first-order valence-electron chi connectivity index (χ1n) is 8.92. The number of halogens is 3. The lowest BCUT2D eigenvalue weighted by Gasteiger charge is -2.19. The zero-order valence-corrected chi connectivity index (χ0v) is 16.8. The van der Waals surface area contributed by atoms with E-state index in [1.54, 1.807) is 25.3 Å². The second kappa shape index (κ2) is 8.39. The smallest absolute Gasteiger partial charge is 0.416 e. The van der Waals surface area contributed by atoms with Crippen LogP contribution >= 0.6 is 11.8 Å². The summed E-state index contributed by atoms with van der Waals surface area (Å²) in [7, 11) is 0. The Labute approximate surface area is 174 Å². The van der Waals surface area contributed by atoms with E-state index in [2.05, 4.69) is 0 Å². The number of amides is 2. The maximum absolute atomic E-state index is 13.0. The largest absolute Gasteiger partial charge is 0.464 e. The molecule has 1 aliphatic rings. The zero-order chi connectivity index (χ0) is 22.1. The number of benzene rings is 1. The summed E-state index contributed by atoms with van der Waals surface area (Å²) < 4.78 is 45.4. The van der Waals surface area contributed by atoms with Crippen LogP contribution in [-0.4, -0.2) is 39.2 Å². The molecule has 1 aliphatic heterocycles. The predicted octanol–water partition coefficient (Wildman–Crippen LogP) is 4.48. The molecule has 6 nitrogen and oxygen atoms in total. The molecule has 2 aromatic rings. The Hall–Kier alpha value is -3.01. The van der Waals surface area contributed by atoms with E-state index in [1.807, 2.05) is 0 Å². The van der Waals surface area contributed by atoms with Gasteiger partial charge in [-0.05, 0) is 62.0 Å². The molecule has 0 spiro atoms. The van der Waals surface area contributed by atoms with Crippen molar-refractivity contribution in [3.05, 3.63) is 58.8 Å². The van der Waals surface area contributed by atoms with Gasteiger partial charge in [-0.3, -0.25) is 14.5 Å². The number of alkyl halides is 3. The van der Waals surface area contributed by atoms with E-state index in [4.69, 9.17) is 4.74 Å². The van der Waals surface area contributed by atoms with Gasteiger partial charge in [0.25, 0.3) is 11.1 Å². The number of rotatable bonds is 5. The van der Waals surface area contributed by atoms with Crippen LogP contribution in [0.1, 0.15) is 25.1 Å². The number of ether oxygens (including phenoxy) is 1. The Morgan fingerprint density at radius 2 is 1.97 bits per heavy atom. The monoisotopic (exact) mass is 438 g/mol. The molecule has 1 fully saturated rings. The fourth-order valence-electron chi connectivity index (χ4n) is 2.90. The van der Waals surface area contributed by atoms with Gasteiger partial charge in [-0.25, -0.2) is 4.79 Å². The number of aromatic nitrogens is 1. The summed E-state index contributed by atoms with van der Waals surface area (Å²) >= 11 is 0.653. The van der Waals surface area contributed by atoms with Crippen LogP contribution in [0.15, 0.2) is 47.5 Å². The van der Waals surface area contributed by atoms with Gasteiger partial charge >= 0.3 is 12.1 Å². The van der Waals surface area contributed by atoms with E-state index >= 15 is 0 Å². The third kappa shape index (κ3) is 4.28. The third-order valence-electron chi connectivity index (χ3n) is 4.35. The lowest BCUT2D eigenvalue weighted by Crippen LogP contribution is -2.42. The molecule has 1 aromatic carbocycles. The summed E-state index contributed by atoms with van der Waals surface area (Å²) in [5, 5.41) is -0.621. The van der Waals surface area contributed by atoms with Crippen LogP contribution < -0.4 is 0 Å². The molecule has 3 rings (SSSR count). The Morgan fingerprint density at radius 3 is 2.63 bits per heavy atom. The topological polar surface area (TPSA) is 68.6 Å². The molecule has 30 heavy (non-hydrogen) atoms. The molecule has 0 N–H and O–H groups in total. The summed E-state index contributed by atoms with van der Waals surface area (Å²) in [5.41, 5.74) is -0.146. The van der Waals surface area contributed by atoms with Crippen molar-refractivity contribution in [2.75, 3.05) is 6.61 Å². The molecule has 10 heteroatoms. The van der Waals surface area contributed by atoms with Crippen LogP contribution in [0.2, 0.25) is 0 Å². The number of esters is 1. The van der Waals surface area contributed by atoms with Crippen molar-refractivity contribution in [1.82, 2.24) is 9.47 Å². The number of carbonyl (C=O) groups excluding carboxylic acids is 3. The van der Waals surface area contributed by atoms with Crippen LogP contribution in [0.4, 0.5) is 18.0 Å². The van der Waals surface area contributed by atoms with Gasteiger partial charge < -0.3 is 9.30 Å². The molecule has 0 aliphatic carbocycles. The van der Waals surface area contributed by atoms with E-state index in [0.29, 0.717) is 17.5 Å². The van der Waals surface area contributed by atoms with Gasteiger partial charge in [-0.1, -0.05) is 6.07 Å². The molecule has 1 saturated heterocycles. The van der Waals surface area contributed by atoms with Crippen molar-refractivity contribution in [3.8, 4) is 5.69 Å².